The van der Waals surface area contributed by atoms with Crippen molar-refractivity contribution in [2.24, 2.45) is 0 Å². The minimum atomic E-state index is -3.02. The Morgan fingerprint density at radius 3 is 2.84 bits per heavy atom. The lowest BCUT2D eigenvalue weighted by atomic mass is 10.1. The molecule has 0 saturated carbocycles. The molecule has 3 rings (SSSR count). The van der Waals surface area contributed by atoms with E-state index in [9.17, 15) is 12.8 Å². The van der Waals surface area contributed by atoms with Crippen molar-refractivity contribution in [2.45, 2.75) is 38.3 Å². The average Bonchev–Trinajstić information content (AvgIpc) is 3.17. The van der Waals surface area contributed by atoms with Crippen LogP contribution in [-0.2, 0) is 14.6 Å². The summed E-state index contributed by atoms with van der Waals surface area (Å²) in [6, 6.07) is 4.69. The van der Waals surface area contributed by atoms with Crippen LogP contribution in [0.2, 0.25) is 0 Å². The summed E-state index contributed by atoms with van der Waals surface area (Å²) < 4.78 is 43.2. The highest BCUT2D eigenvalue weighted by Crippen LogP contribution is 2.23. The number of hydrogen-bond donors (Lipinski definition) is 1. The van der Waals surface area contributed by atoms with Crippen molar-refractivity contribution >= 4 is 32.9 Å². The molecule has 0 amide bonds. The molecule has 2 aliphatic rings. The van der Waals surface area contributed by atoms with E-state index in [1.165, 1.54) is 6.07 Å². The average molecular weight is 387 g/mol. The molecule has 8 heteroatoms. The van der Waals surface area contributed by atoms with Gasteiger partial charge in [-0.05, 0) is 56.1 Å². The van der Waals surface area contributed by atoms with E-state index in [0.717, 1.165) is 19.4 Å². The van der Waals surface area contributed by atoms with Crippen molar-refractivity contribution < 1.29 is 17.5 Å². The summed E-state index contributed by atoms with van der Waals surface area (Å²) in [7, 11) is -3.02. The molecule has 2 heterocycles. The molecule has 2 saturated heterocycles. The largest absolute Gasteiger partial charge is 0.376 e. The fourth-order valence-corrected chi connectivity index (χ4v) is 5.36. The van der Waals surface area contributed by atoms with Crippen LogP contribution in [0.1, 0.15) is 24.8 Å². The second kappa shape index (κ2) is 7.55. The number of nitrogens with zero attached hydrogens (tertiary/aromatic N) is 1. The van der Waals surface area contributed by atoms with E-state index in [-0.39, 0.29) is 29.5 Å². The van der Waals surface area contributed by atoms with E-state index in [1.807, 2.05) is 4.90 Å². The first kappa shape index (κ1) is 18.5. The molecule has 0 radical (unpaired) electrons. The number of anilines is 1. The Morgan fingerprint density at radius 2 is 2.24 bits per heavy atom. The fraction of sp³-hybridized carbons (Fsp3) is 0.588. The number of rotatable bonds is 4. The number of halogens is 1. The van der Waals surface area contributed by atoms with E-state index in [2.05, 4.69) is 5.32 Å². The molecule has 0 bridgehead atoms. The lowest BCUT2D eigenvalue weighted by Gasteiger charge is -2.33. The van der Waals surface area contributed by atoms with Crippen LogP contribution in [0.25, 0.3) is 0 Å². The van der Waals surface area contributed by atoms with Crippen LogP contribution in [0.5, 0.6) is 0 Å². The Hall–Kier alpha value is -1.25. The summed E-state index contributed by atoms with van der Waals surface area (Å²) in [5, 5.41) is 3.47. The van der Waals surface area contributed by atoms with Gasteiger partial charge in [-0.2, -0.15) is 0 Å². The molecule has 1 aromatic rings. The minimum absolute atomic E-state index is 0.0535. The molecule has 2 atom stereocenters. The van der Waals surface area contributed by atoms with Gasteiger partial charge in [-0.3, -0.25) is 0 Å². The van der Waals surface area contributed by atoms with Gasteiger partial charge in [0.05, 0.1) is 17.6 Å². The molecule has 0 aliphatic carbocycles. The Kier molecular flexibility index (Phi) is 5.60. The topological polar surface area (TPSA) is 58.6 Å². The summed E-state index contributed by atoms with van der Waals surface area (Å²) in [6.07, 6.45) is 2.56. The second-order valence-electron chi connectivity index (χ2n) is 6.74. The van der Waals surface area contributed by atoms with Gasteiger partial charge in [0.15, 0.2) is 14.9 Å². The van der Waals surface area contributed by atoms with Crippen molar-refractivity contribution in [3.63, 3.8) is 0 Å². The molecule has 25 heavy (non-hydrogen) atoms. The van der Waals surface area contributed by atoms with E-state index in [4.69, 9.17) is 17.0 Å². The first-order valence-corrected chi connectivity index (χ1v) is 10.7. The van der Waals surface area contributed by atoms with Crippen molar-refractivity contribution in [1.29, 1.82) is 0 Å². The summed E-state index contributed by atoms with van der Waals surface area (Å²) in [5.41, 5.74) is 1.13. The Labute approximate surface area is 153 Å². The maximum absolute atomic E-state index is 13.8. The highest BCUT2D eigenvalue weighted by atomic mass is 32.2. The van der Waals surface area contributed by atoms with Crippen LogP contribution < -0.4 is 5.32 Å². The zero-order chi connectivity index (χ0) is 18.0. The van der Waals surface area contributed by atoms with Gasteiger partial charge in [-0.15, -0.1) is 0 Å². The first-order valence-electron chi connectivity index (χ1n) is 8.50. The van der Waals surface area contributed by atoms with Gasteiger partial charge in [0.2, 0.25) is 0 Å². The van der Waals surface area contributed by atoms with Gasteiger partial charge in [0.1, 0.15) is 5.82 Å². The quantitative estimate of drug-likeness (QED) is 0.803. The summed E-state index contributed by atoms with van der Waals surface area (Å²) >= 11 is 5.52. The molecule has 0 aromatic heterocycles. The smallest absolute Gasteiger partial charge is 0.173 e. The monoisotopic (exact) mass is 386 g/mol. The van der Waals surface area contributed by atoms with E-state index in [0.29, 0.717) is 29.3 Å². The van der Waals surface area contributed by atoms with Gasteiger partial charge in [0, 0.05) is 24.9 Å². The minimum Gasteiger partial charge on any atom is -0.376 e. The van der Waals surface area contributed by atoms with Gasteiger partial charge in [-0.1, -0.05) is 6.07 Å². The van der Waals surface area contributed by atoms with Crippen LogP contribution in [0, 0.1) is 12.7 Å². The van der Waals surface area contributed by atoms with Crippen LogP contribution in [0.15, 0.2) is 18.2 Å². The van der Waals surface area contributed by atoms with E-state index in [1.54, 1.807) is 19.1 Å². The number of hydrogen-bond acceptors (Lipinski definition) is 4. The predicted molar refractivity (Wildman–Crippen MR) is 100 cm³/mol. The summed E-state index contributed by atoms with van der Waals surface area (Å²) in [5.74, 6) is -0.0208. The molecular weight excluding hydrogens is 363 g/mol. The molecule has 138 valence electrons. The summed E-state index contributed by atoms with van der Waals surface area (Å²) in [6.45, 7) is 2.98. The molecule has 5 nitrogen and oxygen atoms in total. The van der Waals surface area contributed by atoms with Gasteiger partial charge in [0.25, 0.3) is 0 Å². The number of nitrogens with one attached hydrogen (secondary N) is 1. The maximum atomic E-state index is 13.8. The number of ether oxygens (including phenoxy) is 1. The highest BCUT2D eigenvalue weighted by Gasteiger charge is 2.35. The van der Waals surface area contributed by atoms with Gasteiger partial charge >= 0.3 is 0 Å². The molecule has 2 fully saturated rings. The zero-order valence-corrected chi connectivity index (χ0v) is 15.8. The van der Waals surface area contributed by atoms with Gasteiger partial charge < -0.3 is 15.0 Å². The third-order valence-electron chi connectivity index (χ3n) is 4.76. The third-order valence-corrected chi connectivity index (χ3v) is 6.84. The van der Waals surface area contributed by atoms with Crippen molar-refractivity contribution in [2.75, 3.05) is 30.0 Å². The lowest BCUT2D eigenvalue weighted by molar-refractivity contribution is 0.0851. The number of benzene rings is 1. The van der Waals surface area contributed by atoms with E-state index < -0.39 is 9.84 Å². The molecule has 0 spiro atoms. The standard InChI is InChI=1S/C17H23FN2O3S2/c1-12-4-5-13(9-16(12)18)19-17(24)20(10-15-3-2-7-23-15)14-6-8-25(21,22)11-14/h4-5,9,14-15H,2-3,6-8,10-11H2,1H3,(H,19,24)/t14-,15+/m0/s1. The lowest BCUT2D eigenvalue weighted by Crippen LogP contribution is -2.47. The van der Waals surface area contributed by atoms with Gasteiger partial charge in [-0.25, -0.2) is 12.8 Å². The molecular formula is C17H23FN2O3S2. The van der Waals surface area contributed by atoms with Crippen molar-refractivity contribution in [3.8, 4) is 0 Å². The summed E-state index contributed by atoms with van der Waals surface area (Å²) in [4.78, 5) is 1.91. The van der Waals surface area contributed by atoms with Crippen molar-refractivity contribution in [3.05, 3.63) is 29.6 Å². The Bertz CT molecular complexity index is 748. The fourth-order valence-electron chi connectivity index (χ4n) is 3.29. The highest BCUT2D eigenvalue weighted by molar-refractivity contribution is 7.91. The number of aryl methyl sites for hydroxylation is 1. The van der Waals surface area contributed by atoms with Crippen LogP contribution in [-0.4, -0.2) is 55.2 Å². The number of thiocarbonyl (C=S) groups is 1. The third kappa shape index (κ3) is 4.68. The van der Waals surface area contributed by atoms with Crippen molar-refractivity contribution in [1.82, 2.24) is 4.90 Å². The molecule has 1 aromatic carbocycles. The predicted octanol–water partition coefficient (Wildman–Crippen LogP) is 2.50. The van der Waals surface area contributed by atoms with E-state index >= 15 is 0 Å². The second-order valence-corrected chi connectivity index (χ2v) is 9.35. The maximum Gasteiger partial charge on any atom is 0.173 e. The normalized spacial score (nSPS) is 25.0. The number of sulfone groups is 1. The van der Waals surface area contributed by atoms with Crippen LogP contribution >= 0.6 is 12.2 Å². The first-order chi connectivity index (χ1) is 11.8. The molecule has 0 unspecified atom stereocenters. The molecule has 2 aliphatic heterocycles. The Morgan fingerprint density at radius 1 is 1.44 bits per heavy atom. The molecule has 1 N–H and O–H groups in total. The van der Waals surface area contributed by atoms with Crippen LogP contribution in [0.4, 0.5) is 10.1 Å². The SMILES string of the molecule is Cc1ccc(NC(=S)N(C[C@H]2CCCO2)[C@H]2CCS(=O)(=O)C2)cc1F. The zero-order valence-electron chi connectivity index (χ0n) is 14.2. The van der Waals surface area contributed by atoms with Crippen LogP contribution in [0.3, 0.4) is 0 Å². The Balaban J connectivity index is 1.74.